The van der Waals surface area contributed by atoms with Crippen molar-refractivity contribution in [2.45, 2.75) is 39.8 Å². The van der Waals surface area contributed by atoms with Gasteiger partial charge in [0.25, 0.3) is 5.91 Å². The number of benzene rings is 1. The zero-order valence-corrected chi connectivity index (χ0v) is 18.1. The summed E-state index contributed by atoms with van der Waals surface area (Å²) in [5.74, 6) is 0.904. The second-order valence-electron chi connectivity index (χ2n) is 8.25. The number of nitrogens with zero attached hydrogens (tertiary/aromatic N) is 4. The van der Waals surface area contributed by atoms with Crippen molar-refractivity contribution in [2.24, 2.45) is 0 Å². The standard InChI is InChI=1S/C21H29ClN4O2/c1-15-18(13-23-26(15)21(2,3)4)20(27)25-10-8-24(9-11-25)14-16-12-17(22)6-7-19(16)28-5/h6-7,12-13H,8-11,14H2,1-5H3. The quantitative estimate of drug-likeness (QED) is 0.781. The van der Waals surface area contributed by atoms with Crippen LogP contribution in [0.5, 0.6) is 5.75 Å². The number of hydrogen-bond acceptors (Lipinski definition) is 4. The van der Waals surface area contributed by atoms with Crippen molar-refractivity contribution in [3.8, 4) is 5.75 Å². The maximum absolute atomic E-state index is 13.0. The van der Waals surface area contributed by atoms with Crippen molar-refractivity contribution >= 4 is 17.5 Å². The summed E-state index contributed by atoms with van der Waals surface area (Å²) in [6.07, 6.45) is 1.70. The van der Waals surface area contributed by atoms with Crippen LogP contribution < -0.4 is 4.74 Å². The van der Waals surface area contributed by atoms with E-state index in [0.717, 1.165) is 36.6 Å². The van der Waals surface area contributed by atoms with Crippen molar-refractivity contribution in [3.05, 3.63) is 46.2 Å². The van der Waals surface area contributed by atoms with Crippen molar-refractivity contribution in [3.63, 3.8) is 0 Å². The third kappa shape index (κ3) is 4.33. The number of halogens is 1. The fourth-order valence-electron chi connectivity index (χ4n) is 3.69. The van der Waals surface area contributed by atoms with E-state index in [4.69, 9.17) is 16.3 Å². The highest BCUT2D eigenvalue weighted by Gasteiger charge is 2.27. The minimum atomic E-state index is -0.142. The number of carbonyl (C=O) groups excluding carboxylic acids is 1. The van der Waals surface area contributed by atoms with Crippen LogP contribution in [-0.2, 0) is 12.1 Å². The molecule has 1 aliphatic heterocycles. The Bertz CT molecular complexity index is 849. The van der Waals surface area contributed by atoms with Crippen molar-refractivity contribution in [1.82, 2.24) is 19.6 Å². The number of aromatic nitrogens is 2. The van der Waals surface area contributed by atoms with Gasteiger partial charge in [-0.15, -0.1) is 0 Å². The first-order chi connectivity index (χ1) is 13.2. The zero-order chi connectivity index (χ0) is 20.5. The van der Waals surface area contributed by atoms with Gasteiger partial charge in [-0.05, 0) is 45.9 Å². The molecule has 2 heterocycles. The number of carbonyl (C=O) groups is 1. The monoisotopic (exact) mass is 404 g/mol. The molecule has 2 aromatic rings. The first kappa shape index (κ1) is 20.7. The predicted molar refractivity (Wildman–Crippen MR) is 111 cm³/mol. The highest BCUT2D eigenvalue weighted by Crippen LogP contribution is 2.25. The van der Waals surface area contributed by atoms with Crippen LogP contribution in [0.2, 0.25) is 5.02 Å². The van der Waals surface area contributed by atoms with Gasteiger partial charge < -0.3 is 9.64 Å². The van der Waals surface area contributed by atoms with E-state index in [-0.39, 0.29) is 11.4 Å². The van der Waals surface area contributed by atoms with E-state index in [2.05, 4.69) is 30.8 Å². The lowest BCUT2D eigenvalue weighted by atomic mass is 10.1. The normalized spacial score (nSPS) is 15.7. The lowest BCUT2D eigenvalue weighted by Gasteiger charge is -2.35. The van der Waals surface area contributed by atoms with Gasteiger partial charge in [0.05, 0.1) is 24.4 Å². The molecular formula is C21H29ClN4O2. The third-order valence-electron chi connectivity index (χ3n) is 5.17. The van der Waals surface area contributed by atoms with Gasteiger partial charge in [0.15, 0.2) is 0 Å². The largest absolute Gasteiger partial charge is 0.496 e. The summed E-state index contributed by atoms with van der Waals surface area (Å²) in [5.41, 5.74) is 2.54. The van der Waals surface area contributed by atoms with E-state index in [9.17, 15) is 4.79 Å². The molecule has 1 amide bonds. The molecule has 1 fully saturated rings. The summed E-state index contributed by atoms with van der Waals surface area (Å²) in [7, 11) is 1.67. The first-order valence-electron chi connectivity index (χ1n) is 9.60. The molecule has 0 unspecified atom stereocenters. The Morgan fingerprint density at radius 3 is 2.46 bits per heavy atom. The minimum absolute atomic E-state index is 0.0630. The predicted octanol–water partition coefficient (Wildman–Crippen LogP) is 3.57. The van der Waals surface area contributed by atoms with Crippen LogP contribution in [0.25, 0.3) is 0 Å². The van der Waals surface area contributed by atoms with Gasteiger partial charge in [-0.25, -0.2) is 0 Å². The van der Waals surface area contributed by atoms with E-state index < -0.39 is 0 Å². The molecule has 0 aliphatic carbocycles. The van der Waals surface area contributed by atoms with E-state index in [1.807, 2.05) is 34.7 Å². The highest BCUT2D eigenvalue weighted by molar-refractivity contribution is 6.30. The second-order valence-corrected chi connectivity index (χ2v) is 8.69. The molecule has 0 saturated carbocycles. The average molecular weight is 405 g/mol. The summed E-state index contributed by atoms with van der Waals surface area (Å²) in [6.45, 7) is 12.0. The molecular weight excluding hydrogens is 376 g/mol. The average Bonchev–Trinajstić information content (AvgIpc) is 3.04. The van der Waals surface area contributed by atoms with E-state index in [0.29, 0.717) is 23.7 Å². The Kier molecular flexibility index (Phi) is 6.01. The van der Waals surface area contributed by atoms with Crippen LogP contribution in [0.4, 0.5) is 0 Å². The molecule has 1 aliphatic rings. The molecule has 3 rings (SSSR count). The Morgan fingerprint density at radius 2 is 1.89 bits per heavy atom. The maximum Gasteiger partial charge on any atom is 0.257 e. The van der Waals surface area contributed by atoms with Crippen LogP contribution in [0.3, 0.4) is 0 Å². The smallest absolute Gasteiger partial charge is 0.257 e. The molecule has 28 heavy (non-hydrogen) atoms. The molecule has 0 spiro atoms. The fraction of sp³-hybridized carbons (Fsp3) is 0.524. The van der Waals surface area contributed by atoms with Crippen LogP contribution >= 0.6 is 11.6 Å². The van der Waals surface area contributed by atoms with Crippen LogP contribution in [0, 0.1) is 6.92 Å². The van der Waals surface area contributed by atoms with Gasteiger partial charge in [-0.2, -0.15) is 5.10 Å². The summed E-state index contributed by atoms with van der Waals surface area (Å²) in [4.78, 5) is 17.2. The van der Waals surface area contributed by atoms with E-state index >= 15 is 0 Å². The fourth-order valence-corrected chi connectivity index (χ4v) is 3.88. The number of methoxy groups -OCH3 is 1. The SMILES string of the molecule is COc1ccc(Cl)cc1CN1CCN(C(=O)c2cnn(C(C)(C)C)c2C)CC1. The molecule has 152 valence electrons. The van der Waals surface area contributed by atoms with Gasteiger partial charge in [0.2, 0.25) is 0 Å². The number of rotatable bonds is 4. The van der Waals surface area contributed by atoms with Gasteiger partial charge in [0, 0.05) is 49.0 Å². The van der Waals surface area contributed by atoms with Crippen LogP contribution in [0.15, 0.2) is 24.4 Å². The molecule has 1 aromatic carbocycles. The van der Waals surface area contributed by atoms with Crippen molar-refractivity contribution in [1.29, 1.82) is 0 Å². The Labute approximate surface area is 172 Å². The van der Waals surface area contributed by atoms with Gasteiger partial charge >= 0.3 is 0 Å². The Hall–Kier alpha value is -2.05. The number of piperazine rings is 1. The van der Waals surface area contributed by atoms with Gasteiger partial charge in [-0.3, -0.25) is 14.4 Å². The lowest BCUT2D eigenvalue weighted by molar-refractivity contribution is 0.0626. The summed E-state index contributed by atoms with van der Waals surface area (Å²) >= 11 is 6.14. The Balaban J connectivity index is 1.64. The molecule has 7 heteroatoms. The highest BCUT2D eigenvalue weighted by atomic mass is 35.5. The second kappa shape index (κ2) is 8.13. The Morgan fingerprint density at radius 1 is 1.21 bits per heavy atom. The topological polar surface area (TPSA) is 50.6 Å². The summed E-state index contributed by atoms with van der Waals surface area (Å²) in [6, 6.07) is 5.68. The number of ether oxygens (including phenoxy) is 1. The van der Waals surface area contributed by atoms with Gasteiger partial charge in [0.1, 0.15) is 5.75 Å². The number of hydrogen-bond donors (Lipinski definition) is 0. The zero-order valence-electron chi connectivity index (χ0n) is 17.3. The molecule has 0 atom stereocenters. The van der Waals surface area contributed by atoms with Gasteiger partial charge in [-0.1, -0.05) is 11.6 Å². The molecule has 6 nitrogen and oxygen atoms in total. The minimum Gasteiger partial charge on any atom is -0.496 e. The lowest BCUT2D eigenvalue weighted by Crippen LogP contribution is -2.48. The third-order valence-corrected chi connectivity index (χ3v) is 5.41. The van der Waals surface area contributed by atoms with E-state index in [1.54, 1.807) is 13.3 Å². The van der Waals surface area contributed by atoms with Crippen LogP contribution in [0.1, 0.15) is 42.4 Å². The summed E-state index contributed by atoms with van der Waals surface area (Å²) in [5, 5.41) is 5.14. The summed E-state index contributed by atoms with van der Waals surface area (Å²) < 4.78 is 7.36. The van der Waals surface area contributed by atoms with Crippen molar-refractivity contribution in [2.75, 3.05) is 33.3 Å². The molecule has 1 aromatic heterocycles. The van der Waals surface area contributed by atoms with Crippen molar-refractivity contribution < 1.29 is 9.53 Å². The maximum atomic E-state index is 13.0. The van der Waals surface area contributed by atoms with E-state index in [1.165, 1.54) is 0 Å². The molecule has 0 N–H and O–H groups in total. The molecule has 0 bridgehead atoms. The molecule has 1 saturated heterocycles. The first-order valence-corrected chi connectivity index (χ1v) is 9.97. The number of amides is 1. The molecule has 0 radical (unpaired) electrons. The van der Waals surface area contributed by atoms with Crippen LogP contribution in [-0.4, -0.2) is 58.8 Å².